The summed E-state index contributed by atoms with van der Waals surface area (Å²) in [5, 5.41) is 11.3. The van der Waals surface area contributed by atoms with Crippen LogP contribution in [0.5, 0.6) is 0 Å². The molecule has 5 N–H and O–H groups in total. The van der Waals surface area contributed by atoms with E-state index < -0.39 is 11.8 Å². The summed E-state index contributed by atoms with van der Waals surface area (Å²) in [6, 6.07) is 9.26. The topological polar surface area (TPSA) is 102 Å². The molecular weight excluding hydrogens is 194 g/mol. The molecule has 0 aliphatic heterocycles. The van der Waals surface area contributed by atoms with E-state index in [1.807, 2.05) is 30.3 Å². The Labute approximate surface area is 87.4 Å². The van der Waals surface area contributed by atoms with Crippen molar-refractivity contribution in [3.8, 4) is 0 Å². The molecule has 1 unspecified atom stereocenters. The molecule has 80 valence electrons. The molecule has 0 spiro atoms. The number of amides is 1. The van der Waals surface area contributed by atoms with Crippen molar-refractivity contribution in [3.63, 3.8) is 0 Å². The molecule has 1 amide bonds. The zero-order valence-electron chi connectivity index (χ0n) is 8.13. The minimum absolute atomic E-state index is 0.161. The first-order chi connectivity index (χ1) is 7.15. The van der Waals surface area contributed by atoms with E-state index in [1.54, 1.807) is 0 Å². The number of benzene rings is 1. The van der Waals surface area contributed by atoms with Gasteiger partial charge in [-0.3, -0.25) is 4.79 Å². The second-order valence-electron chi connectivity index (χ2n) is 3.17. The summed E-state index contributed by atoms with van der Waals surface area (Å²) >= 11 is 0. The van der Waals surface area contributed by atoms with Gasteiger partial charge in [-0.05, 0) is 12.0 Å². The largest absolute Gasteiger partial charge is 0.409 e. The third-order valence-electron chi connectivity index (χ3n) is 2.10. The Balaban J connectivity index is 2.81. The minimum atomic E-state index is -0.766. The van der Waals surface area contributed by atoms with Crippen LogP contribution < -0.4 is 11.5 Å². The van der Waals surface area contributed by atoms with Crippen molar-refractivity contribution in [2.75, 3.05) is 0 Å². The Kier molecular flexibility index (Phi) is 3.68. The predicted octanol–water partition coefficient (Wildman–Crippen LogP) is 0.0770. The predicted molar refractivity (Wildman–Crippen MR) is 56.2 cm³/mol. The lowest BCUT2D eigenvalue weighted by molar-refractivity contribution is -0.119. The molecule has 1 atom stereocenters. The van der Waals surface area contributed by atoms with Crippen molar-refractivity contribution in [3.05, 3.63) is 35.9 Å². The fraction of sp³-hybridized carbons (Fsp3) is 0.200. The molecule has 0 fully saturated rings. The number of nitrogens with two attached hydrogens (primary N) is 2. The standard InChI is InChI=1S/C10H13N3O2/c11-9(13-15)8(10(12)14)6-7-4-2-1-3-5-7/h1-5,8,15H,6H2,(H2,11,13)(H2,12,14). The average Bonchev–Trinajstić information content (AvgIpc) is 2.26. The minimum Gasteiger partial charge on any atom is -0.409 e. The Hall–Kier alpha value is -2.04. The number of nitrogens with zero attached hydrogens (tertiary/aromatic N) is 1. The van der Waals surface area contributed by atoms with Gasteiger partial charge in [-0.1, -0.05) is 35.5 Å². The molecule has 1 aromatic rings. The number of carbonyl (C=O) groups excluding carboxylic acids is 1. The van der Waals surface area contributed by atoms with E-state index in [1.165, 1.54) is 0 Å². The van der Waals surface area contributed by atoms with Crippen LogP contribution in [0.15, 0.2) is 35.5 Å². The molecule has 0 aliphatic carbocycles. The number of carbonyl (C=O) groups is 1. The van der Waals surface area contributed by atoms with Gasteiger partial charge in [0.1, 0.15) is 5.92 Å². The molecular formula is C10H13N3O2. The number of oxime groups is 1. The summed E-state index contributed by atoms with van der Waals surface area (Å²) in [6.07, 6.45) is 0.339. The Morgan fingerprint density at radius 2 is 1.93 bits per heavy atom. The monoisotopic (exact) mass is 207 g/mol. The maximum atomic E-state index is 11.1. The second-order valence-corrected chi connectivity index (χ2v) is 3.17. The van der Waals surface area contributed by atoms with Crippen molar-refractivity contribution in [2.45, 2.75) is 6.42 Å². The molecule has 0 radical (unpaired) electrons. The average molecular weight is 207 g/mol. The van der Waals surface area contributed by atoms with Gasteiger partial charge in [0, 0.05) is 0 Å². The lowest BCUT2D eigenvalue weighted by Gasteiger charge is -2.11. The highest BCUT2D eigenvalue weighted by Gasteiger charge is 2.20. The van der Waals surface area contributed by atoms with Gasteiger partial charge in [-0.15, -0.1) is 0 Å². The fourth-order valence-electron chi connectivity index (χ4n) is 1.27. The summed E-state index contributed by atoms with van der Waals surface area (Å²) < 4.78 is 0. The molecule has 0 aliphatic rings. The van der Waals surface area contributed by atoms with E-state index in [2.05, 4.69) is 5.16 Å². The van der Waals surface area contributed by atoms with Gasteiger partial charge >= 0.3 is 0 Å². The maximum absolute atomic E-state index is 11.1. The van der Waals surface area contributed by atoms with Crippen molar-refractivity contribution in [1.82, 2.24) is 0 Å². The van der Waals surface area contributed by atoms with Crippen molar-refractivity contribution in [1.29, 1.82) is 0 Å². The normalized spacial score (nSPS) is 13.5. The van der Waals surface area contributed by atoms with Gasteiger partial charge in [-0.25, -0.2) is 0 Å². The van der Waals surface area contributed by atoms with E-state index in [0.29, 0.717) is 6.42 Å². The first-order valence-electron chi connectivity index (χ1n) is 4.45. The summed E-state index contributed by atoms with van der Waals surface area (Å²) in [6.45, 7) is 0. The molecule has 0 heterocycles. The van der Waals surface area contributed by atoms with E-state index >= 15 is 0 Å². The summed E-state index contributed by atoms with van der Waals surface area (Å²) in [5.74, 6) is -1.53. The highest BCUT2D eigenvalue weighted by Crippen LogP contribution is 2.08. The lowest BCUT2D eigenvalue weighted by Crippen LogP contribution is -2.36. The molecule has 0 saturated carbocycles. The van der Waals surface area contributed by atoms with Gasteiger partial charge in [0.2, 0.25) is 5.91 Å². The van der Waals surface area contributed by atoms with Gasteiger partial charge in [-0.2, -0.15) is 0 Å². The van der Waals surface area contributed by atoms with Crippen LogP contribution >= 0.6 is 0 Å². The van der Waals surface area contributed by atoms with Crippen LogP contribution in [-0.4, -0.2) is 17.0 Å². The quantitative estimate of drug-likeness (QED) is 0.282. The number of primary amides is 1. The fourth-order valence-corrected chi connectivity index (χ4v) is 1.27. The van der Waals surface area contributed by atoms with Crippen LogP contribution in [0.1, 0.15) is 5.56 Å². The summed E-state index contributed by atoms with van der Waals surface area (Å²) in [4.78, 5) is 11.1. The van der Waals surface area contributed by atoms with Gasteiger partial charge in [0.15, 0.2) is 5.84 Å². The van der Waals surface area contributed by atoms with Crippen molar-refractivity contribution >= 4 is 11.7 Å². The summed E-state index contributed by atoms with van der Waals surface area (Å²) in [5.41, 5.74) is 11.4. The maximum Gasteiger partial charge on any atom is 0.228 e. The van der Waals surface area contributed by atoms with Crippen molar-refractivity contribution < 1.29 is 10.0 Å². The molecule has 0 aromatic heterocycles. The van der Waals surface area contributed by atoms with Crippen LogP contribution in [0, 0.1) is 5.92 Å². The molecule has 5 heteroatoms. The first kappa shape index (κ1) is 11.0. The molecule has 15 heavy (non-hydrogen) atoms. The van der Waals surface area contributed by atoms with Gasteiger partial charge in [0.25, 0.3) is 0 Å². The van der Waals surface area contributed by atoms with Gasteiger partial charge in [0.05, 0.1) is 0 Å². The molecule has 1 rings (SSSR count). The van der Waals surface area contributed by atoms with Crippen LogP contribution in [-0.2, 0) is 11.2 Å². The Morgan fingerprint density at radius 3 is 2.40 bits per heavy atom. The van der Waals surface area contributed by atoms with Crippen molar-refractivity contribution in [2.24, 2.45) is 22.5 Å². The summed E-state index contributed by atoms with van der Waals surface area (Å²) in [7, 11) is 0. The van der Waals surface area contributed by atoms with Gasteiger partial charge < -0.3 is 16.7 Å². The van der Waals surface area contributed by atoms with Crippen LogP contribution in [0.3, 0.4) is 0 Å². The number of amidine groups is 1. The number of hydrogen-bond acceptors (Lipinski definition) is 3. The van der Waals surface area contributed by atoms with E-state index in [0.717, 1.165) is 5.56 Å². The van der Waals surface area contributed by atoms with E-state index in [-0.39, 0.29) is 5.84 Å². The zero-order chi connectivity index (χ0) is 11.3. The SMILES string of the molecule is NC(=O)C(Cc1ccccc1)C(N)=NO. The number of rotatable bonds is 4. The molecule has 1 aromatic carbocycles. The Morgan fingerprint density at radius 1 is 1.33 bits per heavy atom. The smallest absolute Gasteiger partial charge is 0.228 e. The van der Waals surface area contributed by atoms with Crippen LogP contribution in [0.2, 0.25) is 0 Å². The lowest BCUT2D eigenvalue weighted by atomic mass is 9.98. The first-order valence-corrected chi connectivity index (χ1v) is 4.45. The van der Waals surface area contributed by atoms with E-state index in [4.69, 9.17) is 16.7 Å². The molecule has 5 nitrogen and oxygen atoms in total. The highest BCUT2D eigenvalue weighted by molar-refractivity contribution is 6.01. The highest BCUT2D eigenvalue weighted by atomic mass is 16.4. The second kappa shape index (κ2) is 4.99. The molecule has 0 bridgehead atoms. The molecule has 0 saturated heterocycles. The Bertz CT molecular complexity index is 362. The third kappa shape index (κ3) is 2.98. The number of hydrogen-bond donors (Lipinski definition) is 3. The van der Waals surface area contributed by atoms with E-state index in [9.17, 15) is 4.79 Å². The third-order valence-corrected chi connectivity index (χ3v) is 2.10. The van der Waals surface area contributed by atoms with Crippen LogP contribution in [0.25, 0.3) is 0 Å². The zero-order valence-corrected chi connectivity index (χ0v) is 8.13. The van der Waals surface area contributed by atoms with Crippen LogP contribution in [0.4, 0.5) is 0 Å².